The minimum atomic E-state index is 0.140. The Labute approximate surface area is 97.3 Å². The molecule has 3 heteroatoms. The van der Waals surface area contributed by atoms with Crippen molar-refractivity contribution in [2.24, 2.45) is 5.84 Å². The first kappa shape index (κ1) is 12.7. The van der Waals surface area contributed by atoms with E-state index in [0.717, 1.165) is 17.7 Å². The molecule has 0 amide bonds. The van der Waals surface area contributed by atoms with Crippen LogP contribution in [0.3, 0.4) is 0 Å². The van der Waals surface area contributed by atoms with Gasteiger partial charge in [0.05, 0.1) is 7.11 Å². The molecule has 1 atom stereocenters. The molecule has 1 aromatic carbocycles. The summed E-state index contributed by atoms with van der Waals surface area (Å²) in [6.07, 6.45) is 2.94. The van der Waals surface area contributed by atoms with E-state index in [9.17, 15) is 0 Å². The largest absolute Gasteiger partial charge is 0.496 e. The summed E-state index contributed by atoms with van der Waals surface area (Å²) in [6.45, 7) is 4.12. The molecule has 0 radical (unpaired) electrons. The van der Waals surface area contributed by atoms with Gasteiger partial charge in [-0.15, -0.1) is 0 Å². The fraction of sp³-hybridized carbons (Fsp3) is 0.385. The average molecular weight is 220 g/mol. The molecule has 0 heterocycles. The maximum atomic E-state index is 5.53. The van der Waals surface area contributed by atoms with E-state index in [1.807, 2.05) is 18.2 Å². The van der Waals surface area contributed by atoms with Gasteiger partial charge in [0.2, 0.25) is 0 Å². The topological polar surface area (TPSA) is 47.3 Å². The zero-order valence-electron chi connectivity index (χ0n) is 10.2. The smallest absolute Gasteiger partial charge is 0.122 e. The third-order valence-corrected chi connectivity index (χ3v) is 2.38. The molecule has 0 saturated carbocycles. The van der Waals surface area contributed by atoms with Crippen LogP contribution in [0.4, 0.5) is 0 Å². The van der Waals surface area contributed by atoms with Gasteiger partial charge in [-0.1, -0.05) is 29.8 Å². The van der Waals surface area contributed by atoms with Gasteiger partial charge in [-0.2, -0.15) is 0 Å². The second kappa shape index (κ2) is 6.30. The maximum absolute atomic E-state index is 5.53. The minimum Gasteiger partial charge on any atom is -0.496 e. The van der Waals surface area contributed by atoms with Gasteiger partial charge in [0.25, 0.3) is 0 Å². The van der Waals surface area contributed by atoms with Gasteiger partial charge < -0.3 is 4.74 Å². The van der Waals surface area contributed by atoms with Crippen LogP contribution in [-0.2, 0) is 6.42 Å². The molecule has 0 spiro atoms. The van der Waals surface area contributed by atoms with E-state index in [1.54, 1.807) is 7.11 Å². The first-order valence-electron chi connectivity index (χ1n) is 5.40. The lowest BCUT2D eigenvalue weighted by atomic mass is 10.0. The average Bonchev–Trinajstić information content (AvgIpc) is 2.28. The summed E-state index contributed by atoms with van der Waals surface area (Å²) in [4.78, 5) is 0. The number of hydrogen-bond donors (Lipinski definition) is 2. The quantitative estimate of drug-likeness (QED) is 0.453. The molecule has 3 nitrogen and oxygen atoms in total. The number of methoxy groups -OCH3 is 1. The van der Waals surface area contributed by atoms with E-state index in [-0.39, 0.29) is 6.04 Å². The number of benzene rings is 1. The molecule has 0 aromatic heterocycles. The lowest BCUT2D eigenvalue weighted by Crippen LogP contribution is -2.35. The second-order valence-corrected chi connectivity index (χ2v) is 4.03. The number of ether oxygens (including phenoxy) is 1. The normalized spacial score (nSPS) is 12.0. The fourth-order valence-electron chi connectivity index (χ4n) is 1.68. The molecule has 0 saturated heterocycles. The molecule has 0 aliphatic rings. The summed E-state index contributed by atoms with van der Waals surface area (Å²) < 4.78 is 5.31. The van der Waals surface area contributed by atoms with Crippen LogP contribution in [0.15, 0.2) is 35.9 Å². The number of allylic oxidation sites excluding steroid dienone is 1. The second-order valence-electron chi connectivity index (χ2n) is 4.03. The van der Waals surface area contributed by atoms with Crippen molar-refractivity contribution in [1.82, 2.24) is 5.43 Å². The number of para-hydroxylation sites is 1. The molecule has 16 heavy (non-hydrogen) atoms. The van der Waals surface area contributed by atoms with Gasteiger partial charge >= 0.3 is 0 Å². The predicted molar refractivity (Wildman–Crippen MR) is 67.2 cm³/mol. The monoisotopic (exact) mass is 220 g/mol. The Hall–Kier alpha value is -1.32. The first-order valence-corrected chi connectivity index (χ1v) is 5.40. The maximum Gasteiger partial charge on any atom is 0.122 e. The summed E-state index contributed by atoms with van der Waals surface area (Å²) in [5.74, 6) is 6.43. The summed E-state index contributed by atoms with van der Waals surface area (Å²) in [5, 5.41) is 0. The fourth-order valence-corrected chi connectivity index (χ4v) is 1.68. The van der Waals surface area contributed by atoms with E-state index in [0.29, 0.717) is 0 Å². The highest BCUT2D eigenvalue weighted by Gasteiger charge is 2.08. The molecule has 1 unspecified atom stereocenters. The van der Waals surface area contributed by atoms with Gasteiger partial charge in [-0.25, -0.2) is 0 Å². The van der Waals surface area contributed by atoms with Crippen molar-refractivity contribution in [3.8, 4) is 5.75 Å². The van der Waals surface area contributed by atoms with Crippen LogP contribution in [0.1, 0.15) is 19.4 Å². The minimum absolute atomic E-state index is 0.140. The zero-order chi connectivity index (χ0) is 12.0. The van der Waals surface area contributed by atoms with Gasteiger partial charge in [0.15, 0.2) is 0 Å². The Balaban J connectivity index is 2.81. The standard InChI is InChI=1S/C13H20N2O/c1-10(2)8-12(15-14)9-11-6-4-5-7-13(11)16-3/h4-8,12,15H,9,14H2,1-3H3. The molecule has 0 fully saturated rings. The molecule has 0 aliphatic heterocycles. The summed E-state index contributed by atoms with van der Waals surface area (Å²) in [7, 11) is 1.69. The highest BCUT2D eigenvalue weighted by atomic mass is 16.5. The predicted octanol–water partition coefficient (Wildman–Crippen LogP) is 2.04. The number of nitrogens with one attached hydrogen (secondary N) is 1. The Bertz CT molecular complexity index is 357. The van der Waals surface area contributed by atoms with Gasteiger partial charge in [-0.3, -0.25) is 11.3 Å². The molecule has 1 aromatic rings. The summed E-state index contributed by atoms with van der Waals surface area (Å²) in [6, 6.07) is 8.14. The van der Waals surface area contributed by atoms with Crippen molar-refractivity contribution in [3.05, 3.63) is 41.5 Å². The van der Waals surface area contributed by atoms with E-state index >= 15 is 0 Å². The Morgan fingerprint density at radius 2 is 2.12 bits per heavy atom. The first-order chi connectivity index (χ1) is 7.67. The number of hydrogen-bond acceptors (Lipinski definition) is 3. The SMILES string of the molecule is COc1ccccc1CC(C=C(C)C)NN. The van der Waals surface area contributed by atoms with Crippen LogP contribution in [0.25, 0.3) is 0 Å². The van der Waals surface area contributed by atoms with Crippen molar-refractivity contribution in [3.63, 3.8) is 0 Å². The van der Waals surface area contributed by atoms with Gasteiger partial charge in [0, 0.05) is 6.04 Å². The van der Waals surface area contributed by atoms with Crippen LogP contribution in [0.5, 0.6) is 5.75 Å². The lowest BCUT2D eigenvalue weighted by molar-refractivity contribution is 0.407. The van der Waals surface area contributed by atoms with Crippen LogP contribution < -0.4 is 16.0 Å². The van der Waals surface area contributed by atoms with Crippen molar-refractivity contribution in [2.45, 2.75) is 26.3 Å². The summed E-state index contributed by atoms with van der Waals surface area (Å²) in [5.41, 5.74) is 5.21. The van der Waals surface area contributed by atoms with Gasteiger partial charge in [0.1, 0.15) is 5.75 Å². The van der Waals surface area contributed by atoms with E-state index in [1.165, 1.54) is 5.57 Å². The van der Waals surface area contributed by atoms with E-state index in [4.69, 9.17) is 10.6 Å². The highest BCUT2D eigenvalue weighted by molar-refractivity contribution is 5.34. The Kier molecular flexibility index (Phi) is 5.02. The highest BCUT2D eigenvalue weighted by Crippen LogP contribution is 2.19. The number of nitrogens with two attached hydrogens (primary N) is 1. The zero-order valence-corrected chi connectivity index (χ0v) is 10.2. The number of rotatable bonds is 5. The Morgan fingerprint density at radius 1 is 1.44 bits per heavy atom. The third kappa shape index (κ3) is 3.68. The van der Waals surface area contributed by atoms with Crippen LogP contribution >= 0.6 is 0 Å². The molecule has 0 bridgehead atoms. The van der Waals surface area contributed by atoms with Crippen molar-refractivity contribution in [1.29, 1.82) is 0 Å². The molecule has 88 valence electrons. The molecule has 3 N–H and O–H groups in total. The van der Waals surface area contributed by atoms with Crippen molar-refractivity contribution in [2.75, 3.05) is 7.11 Å². The number of hydrazine groups is 1. The van der Waals surface area contributed by atoms with E-state index in [2.05, 4.69) is 31.4 Å². The summed E-state index contributed by atoms with van der Waals surface area (Å²) >= 11 is 0. The van der Waals surface area contributed by atoms with Crippen molar-refractivity contribution >= 4 is 0 Å². The Morgan fingerprint density at radius 3 is 2.69 bits per heavy atom. The molecule has 1 rings (SSSR count). The van der Waals surface area contributed by atoms with Crippen molar-refractivity contribution < 1.29 is 4.74 Å². The molecule has 0 aliphatic carbocycles. The molecular weight excluding hydrogens is 200 g/mol. The van der Waals surface area contributed by atoms with Crippen LogP contribution in [0.2, 0.25) is 0 Å². The van der Waals surface area contributed by atoms with Crippen LogP contribution in [0, 0.1) is 0 Å². The lowest BCUT2D eigenvalue weighted by Gasteiger charge is -2.14. The third-order valence-electron chi connectivity index (χ3n) is 2.38. The van der Waals surface area contributed by atoms with Gasteiger partial charge in [-0.05, 0) is 31.9 Å². The van der Waals surface area contributed by atoms with E-state index < -0.39 is 0 Å². The molecular formula is C13H20N2O. The van der Waals surface area contributed by atoms with Crippen LogP contribution in [-0.4, -0.2) is 13.2 Å².